The summed E-state index contributed by atoms with van der Waals surface area (Å²) in [6.07, 6.45) is 4.66. The van der Waals surface area contributed by atoms with Gasteiger partial charge in [0.15, 0.2) is 0 Å². The second-order valence-electron chi connectivity index (χ2n) is 6.51. The molecular weight excluding hydrogens is 274 g/mol. The van der Waals surface area contributed by atoms with Gasteiger partial charge in [-0.2, -0.15) is 0 Å². The number of imide groups is 1. The second-order valence-corrected chi connectivity index (χ2v) is 6.51. The van der Waals surface area contributed by atoms with Crippen molar-refractivity contribution in [3.63, 3.8) is 0 Å². The highest BCUT2D eigenvalue weighted by Crippen LogP contribution is 2.47. The summed E-state index contributed by atoms with van der Waals surface area (Å²) in [6, 6.07) is 9.29. The number of para-hydroxylation sites is 1. The third-order valence-electron chi connectivity index (χ3n) is 5.28. The van der Waals surface area contributed by atoms with Gasteiger partial charge in [0.2, 0.25) is 11.8 Å². The fraction of sp³-hybridized carbons (Fsp3) is 0.368. The number of benzene rings is 1. The predicted octanol–water partition coefficient (Wildman–Crippen LogP) is 3.62. The van der Waals surface area contributed by atoms with Crippen LogP contribution in [-0.2, 0) is 9.59 Å². The van der Waals surface area contributed by atoms with Crippen molar-refractivity contribution in [2.75, 3.05) is 4.90 Å². The predicted molar refractivity (Wildman–Crippen MR) is 85.2 cm³/mol. The molecule has 0 spiro atoms. The number of carbonyl (C=O) groups excluding carboxylic acids is 2. The first-order valence-electron chi connectivity index (χ1n) is 7.98. The van der Waals surface area contributed by atoms with E-state index in [9.17, 15) is 9.59 Å². The standard InChI is InChI=1S/C19H19NO2/c1-12-6-5-7-13-10-16-17(11-15(12)13)19(22)20(18(16)21)14-8-3-2-4-9-14/h2-4,8-9,16-17H,1,5-7,10-11H2. The Kier molecular flexibility index (Phi) is 3.03. The molecule has 1 saturated heterocycles. The molecule has 22 heavy (non-hydrogen) atoms. The minimum atomic E-state index is -0.193. The Hall–Kier alpha value is -2.16. The van der Waals surface area contributed by atoms with Crippen molar-refractivity contribution in [2.24, 2.45) is 11.8 Å². The van der Waals surface area contributed by atoms with Gasteiger partial charge in [-0.05, 0) is 49.8 Å². The maximum absolute atomic E-state index is 12.8. The molecule has 0 radical (unpaired) electrons. The first-order chi connectivity index (χ1) is 10.7. The van der Waals surface area contributed by atoms with Crippen molar-refractivity contribution >= 4 is 17.5 Å². The molecule has 112 valence electrons. The van der Waals surface area contributed by atoms with Crippen LogP contribution in [0.25, 0.3) is 0 Å². The van der Waals surface area contributed by atoms with Gasteiger partial charge < -0.3 is 0 Å². The van der Waals surface area contributed by atoms with Gasteiger partial charge in [0, 0.05) is 0 Å². The lowest BCUT2D eigenvalue weighted by atomic mass is 9.71. The zero-order valence-corrected chi connectivity index (χ0v) is 12.5. The number of hydrogen-bond donors (Lipinski definition) is 0. The molecule has 2 aliphatic carbocycles. The van der Waals surface area contributed by atoms with E-state index in [1.165, 1.54) is 21.6 Å². The summed E-state index contributed by atoms with van der Waals surface area (Å²) in [4.78, 5) is 27.0. The van der Waals surface area contributed by atoms with Crippen LogP contribution in [0, 0.1) is 11.8 Å². The van der Waals surface area contributed by atoms with Gasteiger partial charge in [-0.1, -0.05) is 35.9 Å². The van der Waals surface area contributed by atoms with Crippen LogP contribution >= 0.6 is 0 Å². The third kappa shape index (κ3) is 1.88. The van der Waals surface area contributed by atoms with E-state index in [0.29, 0.717) is 12.1 Å². The molecule has 2 atom stereocenters. The Morgan fingerprint density at radius 2 is 1.64 bits per heavy atom. The van der Waals surface area contributed by atoms with Crippen LogP contribution in [-0.4, -0.2) is 11.8 Å². The van der Waals surface area contributed by atoms with E-state index in [-0.39, 0.29) is 23.7 Å². The lowest BCUT2D eigenvalue weighted by molar-refractivity contribution is -0.122. The first kappa shape index (κ1) is 13.5. The van der Waals surface area contributed by atoms with Crippen molar-refractivity contribution in [3.05, 3.63) is 53.6 Å². The molecule has 3 aliphatic rings. The van der Waals surface area contributed by atoms with Crippen molar-refractivity contribution in [2.45, 2.75) is 32.1 Å². The smallest absolute Gasteiger partial charge is 0.238 e. The van der Waals surface area contributed by atoms with Crippen LogP contribution in [0.1, 0.15) is 32.1 Å². The summed E-state index contributed by atoms with van der Waals surface area (Å²) in [5.74, 6) is -0.422. The van der Waals surface area contributed by atoms with Crippen LogP contribution in [0.15, 0.2) is 53.6 Å². The average molecular weight is 293 g/mol. The number of amides is 2. The lowest BCUT2D eigenvalue weighted by Crippen LogP contribution is -2.30. The van der Waals surface area contributed by atoms with E-state index in [2.05, 4.69) is 6.58 Å². The topological polar surface area (TPSA) is 37.4 Å². The molecule has 4 rings (SSSR count). The molecule has 0 bridgehead atoms. The third-order valence-corrected chi connectivity index (χ3v) is 5.28. The summed E-state index contributed by atoms with van der Waals surface area (Å²) in [5, 5.41) is 0. The van der Waals surface area contributed by atoms with Crippen LogP contribution < -0.4 is 4.90 Å². The quantitative estimate of drug-likeness (QED) is 0.742. The average Bonchev–Trinajstić information content (AvgIpc) is 2.78. The van der Waals surface area contributed by atoms with Crippen molar-refractivity contribution in [3.8, 4) is 0 Å². The first-order valence-corrected chi connectivity index (χ1v) is 7.98. The van der Waals surface area contributed by atoms with E-state index in [1.54, 1.807) is 0 Å². The fourth-order valence-corrected chi connectivity index (χ4v) is 4.14. The second kappa shape index (κ2) is 4.94. The van der Waals surface area contributed by atoms with Gasteiger partial charge >= 0.3 is 0 Å². The molecule has 0 aromatic heterocycles. The molecule has 2 unspecified atom stereocenters. The number of anilines is 1. The highest BCUT2D eigenvalue weighted by Gasteiger charge is 2.50. The Bertz CT molecular complexity index is 701. The minimum Gasteiger partial charge on any atom is -0.274 e. The zero-order valence-electron chi connectivity index (χ0n) is 12.5. The Morgan fingerprint density at radius 3 is 2.36 bits per heavy atom. The molecule has 1 aromatic carbocycles. The molecular formula is C19H19NO2. The zero-order chi connectivity index (χ0) is 15.3. The number of carbonyl (C=O) groups is 2. The fourth-order valence-electron chi connectivity index (χ4n) is 4.14. The Labute approximate surface area is 130 Å². The summed E-state index contributed by atoms with van der Waals surface area (Å²) < 4.78 is 0. The number of hydrogen-bond acceptors (Lipinski definition) is 2. The van der Waals surface area contributed by atoms with Crippen molar-refractivity contribution in [1.82, 2.24) is 0 Å². The summed E-state index contributed by atoms with van der Waals surface area (Å²) >= 11 is 0. The molecule has 1 aromatic rings. The van der Waals surface area contributed by atoms with Gasteiger partial charge in [0.25, 0.3) is 0 Å². The molecule has 0 saturated carbocycles. The maximum atomic E-state index is 12.8. The summed E-state index contributed by atoms with van der Waals surface area (Å²) in [6.45, 7) is 4.17. The largest absolute Gasteiger partial charge is 0.274 e. The van der Waals surface area contributed by atoms with E-state index in [4.69, 9.17) is 0 Å². The van der Waals surface area contributed by atoms with E-state index < -0.39 is 0 Å². The lowest BCUT2D eigenvalue weighted by Gasteiger charge is -2.31. The molecule has 1 heterocycles. The van der Waals surface area contributed by atoms with Gasteiger partial charge in [-0.15, -0.1) is 0 Å². The van der Waals surface area contributed by atoms with Crippen LogP contribution in [0.5, 0.6) is 0 Å². The van der Waals surface area contributed by atoms with Gasteiger partial charge in [0.05, 0.1) is 17.5 Å². The molecule has 3 heteroatoms. The van der Waals surface area contributed by atoms with Crippen molar-refractivity contribution < 1.29 is 9.59 Å². The number of nitrogens with zero attached hydrogens (tertiary/aromatic N) is 1. The maximum Gasteiger partial charge on any atom is 0.238 e. The number of rotatable bonds is 1. The molecule has 0 N–H and O–H groups in total. The SMILES string of the molecule is C=C1CCCC2=C1CC1C(=O)N(c3ccccc3)C(=O)C1C2. The highest BCUT2D eigenvalue weighted by molar-refractivity contribution is 6.22. The van der Waals surface area contributed by atoms with E-state index >= 15 is 0 Å². The number of fused-ring (bicyclic) bond motifs is 1. The molecule has 1 fully saturated rings. The molecule has 3 nitrogen and oxygen atoms in total. The van der Waals surface area contributed by atoms with Gasteiger partial charge in [0.1, 0.15) is 0 Å². The Balaban J connectivity index is 1.69. The number of allylic oxidation sites excluding steroid dienone is 3. The Morgan fingerprint density at radius 1 is 0.955 bits per heavy atom. The van der Waals surface area contributed by atoms with Gasteiger partial charge in [-0.25, -0.2) is 0 Å². The summed E-state index contributed by atoms with van der Waals surface area (Å²) in [5.41, 5.74) is 4.53. The monoisotopic (exact) mass is 293 g/mol. The van der Waals surface area contributed by atoms with Crippen LogP contribution in [0.3, 0.4) is 0 Å². The van der Waals surface area contributed by atoms with E-state index in [1.807, 2.05) is 30.3 Å². The summed E-state index contributed by atoms with van der Waals surface area (Å²) in [7, 11) is 0. The van der Waals surface area contributed by atoms with Crippen molar-refractivity contribution in [1.29, 1.82) is 0 Å². The van der Waals surface area contributed by atoms with Crippen LogP contribution in [0.4, 0.5) is 5.69 Å². The van der Waals surface area contributed by atoms with Gasteiger partial charge in [-0.3, -0.25) is 14.5 Å². The molecule has 2 amide bonds. The minimum absolute atomic E-state index is 0.0241. The molecule has 1 aliphatic heterocycles. The van der Waals surface area contributed by atoms with Crippen LogP contribution in [0.2, 0.25) is 0 Å². The highest BCUT2D eigenvalue weighted by atomic mass is 16.2. The normalized spacial score (nSPS) is 28.0. The van der Waals surface area contributed by atoms with E-state index in [0.717, 1.165) is 25.7 Å².